The highest BCUT2D eigenvalue weighted by molar-refractivity contribution is 5.69. The molecule has 0 radical (unpaired) electrons. The van der Waals surface area contributed by atoms with Crippen molar-refractivity contribution in [2.75, 3.05) is 36.8 Å². The van der Waals surface area contributed by atoms with Crippen molar-refractivity contribution in [3.8, 4) is 0 Å². The van der Waals surface area contributed by atoms with Crippen molar-refractivity contribution in [2.24, 2.45) is 5.92 Å². The van der Waals surface area contributed by atoms with E-state index in [2.05, 4.69) is 35.3 Å². The lowest BCUT2D eigenvalue weighted by Gasteiger charge is -2.34. The lowest BCUT2D eigenvalue weighted by atomic mass is 9.89. The number of anilines is 2. The minimum Gasteiger partial charge on any atom is -0.397 e. The molecule has 1 aromatic carbocycles. The van der Waals surface area contributed by atoms with Crippen LogP contribution in [0.15, 0.2) is 18.2 Å². The molecule has 20 heavy (non-hydrogen) atoms. The van der Waals surface area contributed by atoms with Gasteiger partial charge in [-0.2, -0.15) is 0 Å². The van der Waals surface area contributed by atoms with Gasteiger partial charge in [-0.1, -0.05) is 13.0 Å². The number of piperidine rings is 2. The molecule has 3 heteroatoms. The number of benzene rings is 1. The third-order valence-corrected chi connectivity index (χ3v) is 4.99. The SMILES string of the molecule is CC1CCN(c2cc(C3CCNCC3)ccc2N)CC1. The zero-order chi connectivity index (χ0) is 13.9. The van der Waals surface area contributed by atoms with Crippen LogP contribution in [-0.2, 0) is 0 Å². The quantitative estimate of drug-likeness (QED) is 0.814. The standard InChI is InChI=1S/C17H27N3/c1-13-6-10-20(11-7-13)17-12-15(2-3-16(17)18)14-4-8-19-9-5-14/h2-3,12-14,19H,4-11,18H2,1H3. The molecule has 3 nitrogen and oxygen atoms in total. The lowest BCUT2D eigenvalue weighted by molar-refractivity contribution is 0.438. The Balaban J connectivity index is 1.79. The Hall–Kier alpha value is -1.22. The Morgan fingerprint density at radius 3 is 2.50 bits per heavy atom. The lowest BCUT2D eigenvalue weighted by Crippen LogP contribution is -2.33. The Bertz CT molecular complexity index is 444. The molecular weight excluding hydrogens is 246 g/mol. The van der Waals surface area contributed by atoms with E-state index < -0.39 is 0 Å². The summed E-state index contributed by atoms with van der Waals surface area (Å²) in [7, 11) is 0. The van der Waals surface area contributed by atoms with Gasteiger partial charge in [-0.25, -0.2) is 0 Å². The monoisotopic (exact) mass is 273 g/mol. The first-order valence-corrected chi connectivity index (χ1v) is 8.09. The summed E-state index contributed by atoms with van der Waals surface area (Å²) >= 11 is 0. The molecule has 1 aromatic rings. The average molecular weight is 273 g/mol. The van der Waals surface area contributed by atoms with Gasteiger partial charge in [0.1, 0.15) is 0 Å². The molecule has 0 bridgehead atoms. The highest BCUT2D eigenvalue weighted by Gasteiger charge is 2.20. The fraction of sp³-hybridized carbons (Fsp3) is 0.647. The summed E-state index contributed by atoms with van der Waals surface area (Å²) in [5.74, 6) is 1.57. The van der Waals surface area contributed by atoms with Crippen molar-refractivity contribution in [3.05, 3.63) is 23.8 Å². The third kappa shape index (κ3) is 2.93. The van der Waals surface area contributed by atoms with Crippen LogP contribution in [0.2, 0.25) is 0 Å². The molecule has 0 saturated carbocycles. The summed E-state index contributed by atoms with van der Waals surface area (Å²) in [4.78, 5) is 2.49. The van der Waals surface area contributed by atoms with Crippen molar-refractivity contribution in [1.29, 1.82) is 0 Å². The fourth-order valence-corrected chi connectivity index (χ4v) is 3.49. The predicted octanol–water partition coefficient (Wildman–Crippen LogP) is 2.97. The van der Waals surface area contributed by atoms with Crippen molar-refractivity contribution < 1.29 is 0 Å². The normalized spacial score (nSPS) is 22.1. The molecule has 2 aliphatic rings. The second kappa shape index (κ2) is 6.04. The molecule has 0 aliphatic carbocycles. The van der Waals surface area contributed by atoms with E-state index >= 15 is 0 Å². The molecule has 3 N–H and O–H groups in total. The van der Waals surface area contributed by atoms with Gasteiger partial charge in [0.15, 0.2) is 0 Å². The number of nitrogens with zero attached hydrogens (tertiary/aromatic N) is 1. The number of hydrogen-bond donors (Lipinski definition) is 2. The van der Waals surface area contributed by atoms with Crippen LogP contribution >= 0.6 is 0 Å². The molecule has 110 valence electrons. The molecule has 0 aromatic heterocycles. The van der Waals surface area contributed by atoms with E-state index in [0.29, 0.717) is 5.92 Å². The number of nitrogens with two attached hydrogens (primary N) is 1. The summed E-state index contributed by atoms with van der Waals surface area (Å²) in [6.07, 6.45) is 5.08. The summed E-state index contributed by atoms with van der Waals surface area (Å²) in [5.41, 5.74) is 9.92. The molecular formula is C17H27N3. The van der Waals surface area contributed by atoms with Gasteiger partial charge >= 0.3 is 0 Å². The second-order valence-electron chi connectivity index (χ2n) is 6.51. The Kier molecular flexibility index (Phi) is 4.16. The van der Waals surface area contributed by atoms with Crippen LogP contribution < -0.4 is 16.0 Å². The molecule has 0 atom stereocenters. The van der Waals surface area contributed by atoms with Crippen LogP contribution in [0.4, 0.5) is 11.4 Å². The molecule has 2 saturated heterocycles. The van der Waals surface area contributed by atoms with Crippen molar-refractivity contribution in [1.82, 2.24) is 5.32 Å². The first-order chi connectivity index (χ1) is 9.74. The van der Waals surface area contributed by atoms with Gasteiger partial charge in [0, 0.05) is 13.1 Å². The first kappa shape index (κ1) is 13.7. The molecule has 2 aliphatic heterocycles. The van der Waals surface area contributed by atoms with Gasteiger partial charge in [0.25, 0.3) is 0 Å². The Labute approximate surface area is 122 Å². The fourth-order valence-electron chi connectivity index (χ4n) is 3.49. The predicted molar refractivity (Wildman–Crippen MR) is 86.3 cm³/mol. The molecule has 2 fully saturated rings. The third-order valence-electron chi connectivity index (χ3n) is 4.99. The van der Waals surface area contributed by atoms with Crippen LogP contribution in [0.25, 0.3) is 0 Å². The zero-order valence-electron chi connectivity index (χ0n) is 12.6. The Morgan fingerprint density at radius 2 is 1.80 bits per heavy atom. The Morgan fingerprint density at radius 1 is 1.10 bits per heavy atom. The van der Waals surface area contributed by atoms with Gasteiger partial charge in [-0.3, -0.25) is 0 Å². The van der Waals surface area contributed by atoms with Crippen LogP contribution in [-0.4, -0.2) is 26.2 Å². The van der Waals surface area contributed by atoms with E-state index in [1.807, 2.05) is 0 Å². The molecule has 0 unspecified atom stereocenters. The minimum atomic E-state index is 0.708. The molecule has 0 amide bonds. The average Bonchev–Trinajstić information content (AvgIpc) is 2.50. The largest absolute Gasteiger partial charge is 0.397 e. The van der Waals surface area contributed by atoms with Gasteiger partial charge in [0.2, 0.25) is 0 Å². The van der Waals surface area contributed by atoms with E-state index in [1.165, 1.54) is 36.9 Å². The van der Waals surface area contributed by atoms with E-state index in [4.69, 9.17) is 5.73 Å². The van der Waals surface area contributed by atoms with E-state index in [0.717, 1.165) is 37.8 Å². The van der Waals surface area contributed by atoms with Gasteiger partial charge in [-0.05, 0) is 68.3 Å². The number of rotatable bonds is 2. The number of hydrogen-bond acceptors (Lipinski definition) is 3. The molecule has 0 spiro atoms. The zero-order valence-corrected chi connectivity index (χ0v) is 12.6. The van der Waals surface area contributed by atoms with Gasteiger partial charge in [0.05, 0.1) is 11.4 Å². The van der Waals surface area contributed by atoms with Crippen LogP contribution in [0.1, 0.15) is 44.1 Å². The van der Waals surface area contributed by atoms with Gasteiger partial charge in [-0.15, -0.1) is 0 Å². The number of nitrogens with one attached hydrogen (secondary N) is 1. The highest BCUT2D eigenvalue weighted by Crippen LogP contribution is 2.33. The van der Waals surface area contributed by atoms with Crippen LogP contribution in [0.3, 0.4) is 0 Å². The summed E-state index contributed by atoms with van der Waals surface area (Å²) < 4.78 is 0. The maximum absolute atomic E-state index is 6.23. The van der Waals surface area contributed by atoms with E-state index in [1.54, 1.807) is 0 Å². The molecule has 3 rings (SSSR count). The maximum Gasteiger partial charge on any atom is 0.0602 e. The van der Waals surface area contributed by atoms with Gasteiger partial charge < -0.3 is 16.0 Å². The van der Waals surface area contributed by atoms with Crippen LogP contribution in [0.5, 0.6) is 0 Å². The van der Waals surface area contributed by atoms with Crippen molar-refractivity contribution >= 4 is 11.4 Å². The highest BCUT2D eigenvalue weighted by atomic mass is 15.1. The van der Waals surface area contributed by atoms with E-state index in [9.17, 15) is 0 Å². The van der Waals surface area contributed by atoms with Crippen LogP contribution in [0, 0.1) is 5.92 Å². The first-order valence-electron chi connectivity index (χ1n) is 8.09. The summed E-state index contributed by atoms with van der Waals surface area (Å²) in [5, 5.41) is 3.44. The van der Waals surface area contributed by atoms with Crippen molar-refractivity contribution in [2.45, 2.75) is 38.5 Å². The molecule has 2 heterocycles. The second-order valence-corrected chi connectivity index (χ2v) is 6.51. The minimum absolute atomic E-state index is 0.708. The number of nitrogen functional groups attached to an aromatic ring is 1. The topological polar surface area (TPSA) is 41.3 Å². The summed E-state index contributed by atoms with van der Waals surface area (Å²) in [6, 6.07) is 6.72. The van der Waals surface area contributed by atoms with Crippen molar-refractivity contribution in [3.63, 3.8) is 0 Å². The van der Waals surface area contributed by atoms with E-state index in [-0.39, 0.29) is 0 Å². The maximum atomic E-state index is 6.23. The smallest absolute Gasteiger partial charge is 0.0602 e. The summed E-state index contributed by atoms with van der Waals surface area (Å²) in [6.45, 7) is 6.95.